The minimum atomic E-state index is -0.219. The zero-order chi connectivity index (χ0) is 18.6. The number of hydrogen-bond acceptors (Lipinski definition) is 4. The van der Waals surface area contributed by atoms with Crippen LogP contribution in [0.1, 0.15) is 5.56 Å². The number of halogens is 1. The summed E-state index contributed by atoms with van der Waals surface area (Å²) in [5.41, 5.74) is 3.59. The predicted molar refractivity (Wildman–Crippen MR) is 106 cm³/mol. The van der Waals surface area contributed by atoms with Gasteiger partial charge in [-0.15, -0.1) is 0 Å². The van der Waals surface area contributed by atoms with Gasteiger partial charge in [0.1, 0.15) is 0 Å². The summed E-state index contributed by atoms with van der Waals surface area (Å²) in [6.07, 6.45) is 4.87. The predicted octanol–water partition coefficient (Wildman–Crippen LogP) is 5.20. The van der Waals surface area contributed by atoms with Gasteiger partial charge in [0.25, 0.3) is 0 Å². The minimum absolute atomic E-state index is 0.219. The number of nitrogens with zero attached hydrogens (tertiary/aromatic N) is 2. The van der Waals surface area contributed by atoms with Crippen molar-refractivity contribution in [3.05, 3.63) is 83.5 Å². The number of pyridine rings is 1. The average molecular weight is 376 g/mol. The van der Waals surface area contributed by atoms with Gasteiger partial charge in [-0.2, -0.15) is 4.98 Å². The van der Waals surface area contributed by atoms with Crippen molar-refractivity contribution in [1.29, 1.82) is 0 Å². The normalized spacial score (nSPS) is 11.1. The summed E-state index contributed by atoms with van der Waals surface area (Å²) in [6, 6.07) is 18.1. The van der Waals surface area contributed by atoms with Crippen molar-refractivity contribution in [1.82, 2.24) is 9.97 Å². The van der Waals surface area contributed by atoms with Crippen LogP contribution in [-0.2, 0) is 4.79 Å². The van der Waals surface area contributed by atoms with Gasteiger partial charge in [0.2, 0.25) is 11.8 Å². The van der Waals surface area contributed by atoms with Crippen molar-refractivity contribution < 1.29 is 9.21 Å². The highest BCUT2D eigenvalue weighted by atomic mass is 35.5. The molecule has 1 amide bonds. The maximum atomic E-state index is 12.1. The Morgan fingerprint density at radius 1 is 1.04 bits per heavy atom. The molecule has 132 valence electrons. The van der Waals surface area contributed by atoms with Crippen molar-refractivity contribution in [2.75, 3.05) is 5.32 Å². The molecule has 0 bridgehead atoms. The largest absolute Gasteiger partial charge is 0.434 e. The van der Waals surface area contributed by atoms with E-state index in [1.165, 1.54) is 6.08 Å². The third-order valence-electron chi connectivity index (χ3n) is 3.86. The summed E-state index contributed by atoms with van der Waals surface area (Å²) in [6.45, 7) is 0. The molecule has 0 fully saturated rings. The Hall–Kier alpha value is -3.44. The second-order valence-electron chi connectivity index (χ2n) is 5.80. The Labute approximate surface area is 160 Å². The van der Waals surface area contributed by atoms with E-state index in [2.05, 4.69) is 15.3 Å². The van der Waals surface area contributed by atoms with E-state index in [0.29, 0.717) is 27.8 Å². The fourth-order valence-corrected chi connectivity index (χ4v) is 2.64. The molecule has 0 saturated heterocycles. The molecular formula is C21H14ClN3O2. The lowest BCUT2D eigenvalue weighted by molar-refractivity contribution is -0.111. The highest BCUT2D eigenvalue weighted by molar-refractivity contribution is 6.30. The summed E-state index contributed by atoms with van der Waals surface area (Å²) >= 11 is 5.84. The second-order valence-corrected chi connectivity index (χ2v) is 6.23. The molecule has 27 heavy (non-hydrogen) atoms. The molecular weight excluding hydrogens is 362 g/mol. The number of hydrogen-bond donors (Lipinski definition) is 1. The number of benzene rings is 2. The van der Waals surface area contributed by atoms with Crippen LogP contribution < -0.4 is 5.32 Å². The van der Waals surface area contributed by atoms with Crippen molar-refractivity contribution in [2.45, 2.75) is 0 Å². The number of rotatable bonds is 4. The number of anilines is 1. The molecule has 5 nitrogen and oxygen atoms in total. The molecule has 6 heteroatoms. The van der Waals surface area contributed by atoms with Gasteiger partial charge in [-0.3, -0.25) is 4.79 Å². The number of carbonyl (C=O) groups is 1. The van der Waals surface area contributed by atoms with E-state index in [1.807, 2.05) is 30.3 Å². The van der Waals surface area contributed by atoms with Crippen LogP contribution in [0.5, 0.6) is 0 Å². The molecule has 4 rings (SSSR count). The third kappa shape index (κ3) is 4.04. The van der Waals surface area contributed by atoms with E-state index in [4.69, 9.17) is 16.0 Å². The fourth-order valence-electron chi connectivity index (χ4n) is 2.52. The zero-order valence-electron chi connectivity index (χ0n) is 14.1. The molecule has 4 aromatic rings. The van der Waals surface area contributed by atoms with E-state index >= 15 is 0 Å². The van der Waals surface area contributed by atoms with Gasteiger partial charge in [-0.1, -0.05) is 23.7 Å². The Morgan fingerprint density at radius 3 is 2.56 bits per heavy atom. The van der Waals surface area contributed by atoms with Gasteiger partial charge in [0.15, 0.2) is 11.2 Å². The first-order valence-electron chi connectivity index (χ1n) is 8.24. The molecule has 0 aliphatic rings. The molecule has 0 radical (unpaired) electrons. The number of aromatic nitrogens is 2. The number of oxazole rings is 1. The first-order chi connectivity index (χ1) is 13.2. The first kappa shape index (κ1) is 17.0. The lowest BCUT2D eigenvalue weighted by atomic mass is 10.2. The van der Waals surface area contributed by atoms with Crippen molar-refractivity contribution >= 4 is 40.5 Å². The summed E-state index contributed by atoms with van der Waals surface area (Å²) in [5.74, 6) is 0.271. The van der Waals surface area contributed by atoms with Crippen LogP contribution >= 0.6 is 11.6 Å². The van der Waals surface area contributed by atoms with Crippen LogP contribution in [0.25, 0.3) is 28.8 Å². The number of nitrogens with one attached hydrogen (secondary N) is 1. The molecule has 0 atom stereocenters. The molecule has 0 aliphatic heterocycles. The molecule has 2 heterocycles. The van der Waals surface area contributed by atoms with E-state index in [9.17, 15) is 4.79 Å². The highest BCUT2D eigenvalue weighted by Gasteiger charge is 2.08. The van der Waals surface area contributed by atoms with Gasteiger partial charge in [-0.25, -0.2) is 4.98 Å². The van der Waals surface area contributed by atoms with E-state index in [-0.39, 0.29) is 5.91 Å². The molecule has 2 aromatic carbocycles. The van der Waals surface area contributed by atoms with Crippen LogP contribution in [0, 0.1) is 0 Å². The summed E-state index contributed by atoms with van der Waals surface area (Å²) in [4.78, 5) is 20.6. The Kier molecular flexibility index (Phi) is 4.68. The topological polar surface area (TPSA) is 68.0 Å². The quantitative estimate of drug-likeness (QED) is 0.498. The van der Waals surface area contributed by atoms with Crippen molar-refractivity contribution in [3.8, 4) is 11.5 Å². The number of fused-ring (bicyclic) bond motifs is 1. The monoisotopic (exact) mass is 375 g/mol. The number of carbonyl (C=O) groups excluding carboxylic acids is 1. The Balaban J connectivity index is 1.44. The summed E-state index contributed by atoms with van der Waals surface area (Å²) < 4.78 is 5.69. The van der Waals surface area contributed by atoms with Crippen LogP contribution in [0.15, 0.2) is 77.4 Å². The maximum Gasteiger partial charge on any atom is 0.248 e. The van der Waals surface area contributed by atoms with Crippen molar-refractivity contribution in [2.24, 2.45) is 0 Å². The molecule has 0 saturated carbocycles. The smallest absolute Gasteiger partial charge is 0.248 e. The van der Waals surface area contributed by atoms with Gasteiger partial charge < -0.3 is 9.73 Å². The first-order valence-corrected chi connectivity index (χ1v) is 8.62. The Morgan fingerprint density at radius 2 is 1.81 bits per heavy atom. The standard InChI is InChI=1S/C21H14ClN3O2/c22-16-8-3-14(4-9-16)5-12-19(26)24-17-10-6-15(7-11-17)21-25-20-18(27-21)2-1-13-23-20/h1-13H,(H,24,26)/b12-5-. The van der Waals surface area contributed by atoms with Crippen LogP contribution in [0.3, 0.4) is 0 Å². The van der Waals surface area contributed by atoms with Crippen LogP contribution in [0.4, 0.5) is 5.69 Å². The molecule has 0 spiro atoms. The number of amides is 1. The molecule has 2 aromatic heterocycles. The van der Waals surface area contributed by atoms with Gasteiger partial charge in [-0.05, 0) is 60.2 Å². The second kappa shape index (κ2) is 7.43. The van der Waals surface area contributed by atoms with E-state index < -0.39 is 0 Å². The van der Waals surface area contributed by atoms with Gasteiger partial charge >= 0.3 is 0 Å². The lowest BCUT2D eigenvalue weighted by Gasteiger charge is -2.03. The van der Waals surface area contributed by atoms with Crippen molar-refractivity contribution in [3.63, 3.8) is 0 Å². The highest BCUT2D eigenvalue weighted by Crippen LogP contribution is 2.24. The third-order valence-corrected chi connectivity index (χ3v) is 4.11. The van der Waals surface area contributed by atoms with E-state index in [0.717, 1.165) is 11.1 Å². The van der Waals surface area contributed by atoms with Crippen LogP contribution in [0.2, 0.25) is 5.02 Å². The molecule has 1 N–H and O–H groups in total. The average Bonchev–Trinajstić information content (AvgIpc) is 3.12. The Bertz CT molecular complexity index is 1080. The lowest BCUT2D eigenvalue weighted by Crippen LogP contribution is -2.07. The zero-order valence-corrected chi connectivity index (χ0v) is 14.9. The summed E-state index contributed by atoms with van der Waals surface area (Å²) in [7, 11) is 0. The minimum Gasteiger partial charge on any atom is -0.434 e. The fraction of sp³-hybridized carbons (Fsp3) is 0. The van der Waals surface area contributed by atoms with E-state index in [1.54, 1.807) is 42.6 Å². The molecule has 0 aliphatic carbocycles. The van der Waals surface area contributed by atoms with Crippen LogP contribution in [-0.4, -0.2) is 15.9 Å². The summed E-state index contributed by atoms with van der Waals surface area (Å²) in [5, 5.41) is 3.47. The SMILES string of the molecule is O=C(/C=C\c1ccc(Cl)cc1)Nc1ccc(-c2nc3ncccc3o2)cc1. The maximum absolute atomic E-state index is 12.1. The molecule has 0 unspecified atom stereocenters. The van der Waals surface area contributed by atoms with Gasteiger partial charge in [0.05, 0.1) is 0 Å². The van der Waals surface area contributed by atoms with Gasteiger partial charge in [0, 0.05) is 28.5 Å².